The fourth-order valence-corrected chi connectivity index (χ4v) is 1.59. The molecule has 0 N–H and O–H groups in total. The normalized spacial score (nSPS) is 11.4. The molecule has 0 aliphatic rings. The van der Waals surface area contributed by atoms with Crippen LogP contribution in [0.25, 0.3) is 0 Å². The van der Waals surface area contributed by atoms with Crippen LogP contribution in [0.4, 0.5) is 0 Å². The Morgan fingerprint density at radius 1 is 0.692 bits per heavy atom. The third-order valence-electron chi connectivity index (χ3n) is 4.62. The molecule has 0 amide bonds. The van der Waals surface area contributed by atoms with Crippen LogP contribution < -0.4 is 0 Å². The Morgan fingerprint density at radius 3 is 1.54 bits per heavy atom. The van der Waals surface area contributed by atoms with Gasteiger partial charge in [0.05, 0.1) is 24.0 Å². The van der Waals surface area contributed by atoms with Gasteiger partial charge in [-0.15, -0.1) is 0 Å². The summed E-state index contributed by atoms with van der Waals surface area (Å²) in [6, 6.07) is 0. The van der Waals surface area contributed by atoms with Crippen molar-refractivity contribution in [3.05, 3.63) is 0 Å². The highest BCUT2D eigenvalue weighted by Crippen LogP contribution is 2.22. The Morgan fingerprint density at radius 2 is 1.15 bits per heavy atom. The molecule has 0 aliphatic carbocycles. The molecule has 0 bridgehead atoms. The van der Waals surface area contributed by atoms with E-state index in [1.54, 1.807) is 7.11 Å². The summed E-state index contributed by atoms with van der Waals surface area (Å²) in [5.74, 6) is -0.210. The van der Waals surface area contributed by atoms with E-state index in [2.05, 4.69) is 6.92 Å². The van der Waals surface area contributed by atoms with E-state index in [1.165, 1.54) is 12.8 Å². The average Bonchev–Trinajstić information content (AvgIpc) is 2.61. The highest BCUT2D eigenvalue weighted by molar-refractivity contribution is 5.76. The van der Waals surface area contributed by atoms with E-state index in [-0.39, 0.29) is 22.8 Å². The molecular formula is C21H42O5. The van der Waals surface area contributed by atoms with Crippen molar-refractivity contribution in [3.63, 3.8) is 0 Å². The summed E-state index contributed by atoms with van der Waals surface area (Å²) < 4.78 is 14.9. The van der Waals surface area contributed by atoms with Crippen molar-refractivity contribution < 1.29 is 23.8 Å². The van der Waals surface area contributed by atoms with Crippen LogP contribution in [-0.4, -0.2) is 38.9 Å². The third kappa shape index (κ3) is 13.2. The maximum atomic E-state index is 11.5. The Kier molecular flexibility index (Phi) is 15.7. The fraction of sp³-hybridized carbons (Fsp3) is 0.905. The molecule has 0 rings (SSSR count). The van der Waals surface area contributed by atoms with Gasteiger partial charge >= 0.3 is 11.9 Å². The lowest BCUT2D eigenvalue weighted by Gasteiger charge is -2.20. The van der Waals surface area contributed by atoms with Gasteiger partial charge in [-0.2, -0.15) is 0 Å². The molecule has 0 unspecified atom stereocenters. The Labute approximate surface area is 161 Å². The summed E-state index contributed by atoms with van der Waals surface area (Å²) in [6.45, 7) is 15.2. The molecule has 0 saturated heterocycles. The quantitative estimate of drug-likeness (QED) is 0.349. The number of esters is 2. The largest absolute Gasteiger partial charge is 0.465 e. The Bertz CT molecular complexity index is 375. The first-order valence-electron chi connectivity index (χ1n) is 9.92. The smallest absolute Gasteiger partial charge is 0.311 e. The zero-order valence-electron chi connectivity index (χ0n) is 18.4. The van der Waals surface area contributed by atoms with Crippen LogP contribution in [0.1, 0.15) is 87.0 Å². The fourth-order valence-electron chi connectivity index (χ4n) is 1.59. The number of unbranched alkanes of at least 4 members (excludes halogenated alkanes) is 3. The first-order chi connectivity index (χ1) is 12.1. The number of rotatable bonds is 12. The van der Waals surface area contributed by atoms with Gasteiger partial charge in [-0.05, 0) is 47.0 Å². The van der Waals surface area contributed by atoms with Gasteiger partial charge in [-0.1, -0.05) is 40.0 Å². The van der Waals surface area contributed by atoms with Crippen molar-refractivity contribution in [2.75, 3.05) is 26.9 Å². The zero-order chi connectivity index (χ0) is 20.6. The van der Waals surface area contributed by atoms with Crippen LogP contribution >= 0.6 is 0 Å². The lowest BCUT2D eigenvalue weighted by molar-refractivity contribution is -0.155. The van der Waals surface area contributed by atoms with Gasteiger partial charge in [-0.3, -0.25) is 9.59 Å². The van der Waals surface area contributed by atoms with Gasteiger partial charge < -0.3 is 14.2 Å². The average molecular weight is 375 g/mol. The van der Waals surface area contributed by atoms with Crippen LogP contribution in [0.3, 0.4) is 0 Å². The number of carbonyl (C=O) groups excluding carboxylic acids is 2. The van der Waals surface area contributed by atoms with Gasteiger partial charge in [0.25, 0.3) is 0 Å². The van der Waals surface area contributed by atoms with Crippen molar-refractivity contribution in [2.24, 2.45) is 10.8 Å². The van der Waals surface area contributed by atoms with Gasteiger partial charge in [-0.25, -0.2) is 0 Å². The third-order valence-corrected chi connectivity index (χ3v) is 4.62. The van der Waals surface area contributed by atoms with Crippen molar-refractivity contribution in [3.8, 4) is 0 Å². The van der Waals surface area contributed by atoms with E-state index < -0.39 is 0 Å². The molecule has 0 atom stereocenters. The van der Waals surface area contributed by atoms with Crippen molar-refractivity contribution >= 4 is 11.9 Å². The van der Waals surface area contributed by atoms with E-state index in [0.717, 1.165) is 25.7 Å². The zero-order valence-corrected chi connectivity index (χ0v) is 18.4. The van der Waals surface area contributed by atoms with Crippen LogP contribution in [0.15, 0.2) is 0 Å². The van der Waals surface area contributed by atoms with E-state index in [4.69, 9.17) is 14.2 Å². The number of hydrogen-bond acceptors (Lipinski definition) is 5. The van der Waals surface area contributed by atoms with Crippen molar-refractivity contribution in [1.82, 2.24) is 0 Å². The van der Waals surface area contributed by atoms with Crippen LogP contribution in [0, 0.1) is 10.8 Å². The maximum absolute atomic E-state index is 11.5. The minimum Gasteiger partial charge on any atom is -0.465 e. The molecule has 0 heterocycles. The molecule has 5 nitrogen and oxygen atoms in total. The Hall–Kier alpha value is -1.10. The SMILES string of the molecule is CCC(C)(C)C(=O)OCCOC.CCCCCCOC(=O)C(C)(C)CC. The number of carbonyl (C=O) groups is 2. The highest BCUT2D eigenvalue weighted by atomic mass is 16.6. The summed E-state index contributed by atoms with van der Waals surface area (Å²) in [5, 5.41) is 0. The standard InChI is InChI=1S/C12H24O2.C9H18O3/c1-5-7-8-9-10-14-11(13)12(3,4)6-2;1-5-9(2,3)8(10)12-7-6-11-4/h5-10H2,1-4H3;5-7H2,1-4H3. The topological polar surface area (TPSA) is 61.8 Å². The molecule has 0 aromatic heterocycles. The summed E-state index contributed by atoms with van der Waals surface area (Å²) in [7, 11) is 1.58. The predicted octanol–water partition coefficient (Wildman–Crippen LogP) is 5.16. The molecule has 5 heteroatoms. The lowest BCUT2D eigenvalue weighted by Crippen LogP contribution is -2.26. The van der Waals surface area contributed by atoms with E-state index in [9.17, 15) is 9.59 Å². The summed E-state index contributed by atoms with van der Waals surface area (Å²) in [4.78, 5) is 22.8. The Balaban J connectivity index is 0. The number of methoxy groups -OCH3 is 1. The second-order valence-electron chi connectivity index (χ2n) is 7.80. The molecule has 0 radical (unpaired) electrons. The molecule has 26 heavy (non-hydrogen) atoms. The molecule has 156 valence electrons. The first kappa shape index (κ1) is 27.1. The van der Waals surface area contributed by atoms with Gasteiger partial charge in [0, 0.05) is 7.11 Å². The highest BCUT2D eigenvalue weighted by Gasteiger charge is 2.27. The molecule has 0 aromatic rings. The lowest BCUT2D eigenvalue weighted by atomic mass is 9.91. The molecule has 0 spiro atoms. The molecule has 0 aliphatic heterocycles. The van der Waals surface area contributed by atoms with Gasteiger partial charge in [0.1, 0.15) is 6.61 Å². The molecule has 0 fully saturated rings. The molecule has 0 aromatic carbocycles. The van der Waals surface area contributed by atoms with Crippen molar-refractivity contribution in [2.45, 2.75) is 87.0 Å². The van der Waals surface area contributed by atoms with Crippen LogP contribution in [-0.2, 0) is 23.8 Å². The molecule has 0 saturated carbocycles. The minimum atomic E-state index is -0.367. The minimum absolute atomic E-state index is 0.0588. The van der Waals surface area contributed by atoms with Gasteiger partial charge in [0.2, 0.25) is 0 Å². The van der Waals surface area contributed by atoms with Crippen LogP contribution in [0.2, 0.25) is 0 Å². The van der Waals surface area contributed by atoms with E-state index >= 15 is 0 Å². The maximum Gasteiger partial charge on any atom is 0.311 e. The summed E-state index contributed by atoms with van der Waals surface area (Å²) in [5.41, 5.74) is -0.682. The second-order valence-corrected chi connectivity index (χ2v) is 7.80. The van der Waals surface area contributed by atoms with Gasteiger partial charge in [0.15, 0.2) is 0 Å². The van der Waals surface area contributed by atoms with E-state index in [1.807, 2.05) is 41.5 Å². The number of hydrogen-bond donors (Lipinski definition) is 0. The monoisotopic (exact) mass is 374 g/mol. The van der Waals surface area contributed by atoms with Crippen LogP contribution in [0.5, 0.6) is 0 Å². The first-order valence-corrected chi connectivity index (χ1v) is 9.92. The summed E-state index contributed by atoms with van der Waals surface area (Å²) >= 11 is 0. The second kappa shape index (κ2) is 15.0. The van der Waals surface area contributed by atoms with E-state index in [0.29, 0.717) is 19.8 Å². The number of ether oxygens (including phenoxy) is 3. The summed E-state index contributed by atoms with van der Waals surface area (Å²) in [6.07, 6.45) is 6.23. The molecular weight excluding hydrogens is 332 g/mol. The van der Waals surface area contributed by atoms with Crippen molar-refractivity contribution in [1.29, 1.82) is 0 Å². The predicted molar refractivity (Wildman–Crippen MR) is 106 cm³/mol.